The number of nitrogens with zero attached hydrogens (tertiary/aromatic N) is 1. The largest absolute Gasteiger partial charge is 0.493 e. The molecule has 2 N–H and O–H groups in total. The predicted octanol–water partition coefficient (Wildman–Crippen LogP) is 4.79. The number of carbonyl (C=O) groups is 2. The van der Waals surface area contributed by atoms with Crippen LogP contribution in [0.25, 0.3) is 0 Å². The summed E-state index contributed by atoms with van der Waals surface area (Å²) in [5.74, 6) is 1.11. The van der Waals surface area contributed by atoms with Crippen LogP contribution in [0.4, 0.5) is 10.5 Å². The molecule has 0 aliphatic carbocycles. The Hall–Kier alpha value is -3.71. The number of urea groups is 1. The Labute approximate surface area is 211 Å². The first-order valence-electron chi connectivity index (χ1n) is 11.2. The highest BCUT2D eigenvalue weighted by Crippen LogP contribution is 2.27. The normalized spacial score (nSPS) is 11.3. The molecular formula is C27H30ClN3O4. The second-order valence-corrected chi connectivity index (χ2v) is 8.49. The summed E-state index contributed by atoms with van der Waals surface area (Å²) in [6.07, 6.45) is 0.985. The first-order chi connectivity index (χ1) is 16.9. The van der Waals surface area contributed by atoms with E-state index in [1.54, 1.807) is 50.4 Å². The minimum absolute atomic E-state index is 0.185. The fourth-order valence-corrected chi connectivity index (χ4v) is 3.84. The molecule has 0 aromatic heterocycles. The van der Waals surface area contributed by atoms with E-state index in [1.807, 2.05) is 48.5 Å². The van der Waals surface area contributed by atoms with Crippen molar-refractivity contribution in [3.63, 3.8) is 0 Å². The summed E-state index contributed by atoms with van der Waals surface area (Å²) in [6, 6.07) is 20.9. The summed E-state index contributed by atoms with van der Waals surface area (Å²) >= 11 is 6.01. The molecule has 35 heavy (non-hydrogen) atoms. The number of ether oxygens (including phenoxy) is 2. The highest BCUT2D eigenvalue weighted by Gasteiger charge is 2.24. The molecule has 3 aromatic carbocycles. The van der Waals surface area contributed by atoms with Gasteiger partial charge in [-0.25, -0.2) is 4.79 Å². The third-order valence-corrected chi connectivity index (χ3v) is 5.76. The van der Waals surface area contributed by atoms with Gasteiger partial charge in [0.25, 0.3) is 0 Å². The first kappa shape index (κ1) is 25.9. The third-order valence-electron chi connectivity index (χ3n) is 5.53. The smallest absolute Gasteiger partial charge is 0.319 e. The fourth-order valence-electron chi connectivity index (χ4n) is 3.65. The Bertz CT molecular complexity index is 1140. The molecular weight excluding hydrogens is 466 g/mol. The lowest BCUT2D eigenvalue weighted by Gasteiger charge is -2.25. The van der Waals surface area contributed by atoms with E-state index in [9.17, 15) is 9.59 Å². The van der Waals surface area contributed by atoms with Gasteiger partial charge in [0.1, 0.15) is 6.04 Å². The molecule has 3 rings (SSSR count). The Balaban J connectivity index is 1.68. The van der Waals surface area contributed by atoms with Gasteiger partial charge in [0.15, 0.2) is 11.5 Å². The number of benzene rings is 3. The van der Waals surface area contributed by atoms with E-state index in [4.69, 9.17) is 21.1 Å². The second kappa shape index (κ2) is 12.7. The molecule has 0 bridgehead atoms. The zero-order valence-electron chi connectivity index (χ0n) is 20.1. The number of rotatable bonds is 10. The van der Waals surface area contributed by atoms with Crippen LogP contribution in [0.15, 0.2) is 72.8 Å². The lowest BCUT2D eigenvalue weighted by atomic mass is 10.0. The number of anilines is 1. The van der Waals surface area contributed by atoms with Crippen molar-refractivity contribution in [3.05, 3.63) is 88.9 Å². The van der Waals surface area contributed by atoms with Crippen molar-refractivity contribution in [3.8, 4) is 11.5 Å². The van der Waals surface area contributed by atoms with Gasteiger partial charge in [0, 0.05) is 30.7 Å². The van der Waals surface area contributed by atoms with Crippen molar-refractivity contribution in [2.45, 2.75) is 18.9 Å². The number of halogens is 1. The number of carbonyl (C=O) groups excluding carboxylic acids is 2. The second-order valence-electron chi connectivity index (χ2n) is 8.05. The molecule has 184 valence electrons. The van der Waals surface area contributed by atoms with Gasteiger partial charge in [-0.05, 0) is 47.9 Å². The number of hydrogen-bond acceptors (Lipinski definition) is 4. The van der Waals surface area contributed by atoms with Crippen LogP contribution < -0.4 is 20.1 Å². The Kier molecular flexibility index (Phi) is 9.38. The van der Waals surface area contributed by atoms with Gasteiger partial charge in [-0.2, -0.15) is 0 Å². The number of amides is 3. The quantitative estimate of drug-likeness (QED) is 0.424. The van der Waals surface area contributed by atoms with Crippen LogP contribution in [-0.4, -0.2) is 50.7 Å². The zero-order chi connectivity index (χ0) is 25.2. The molecule has 3 aromatic rings. The molecule has 0 spiro atoms. The topological polar surface area (TPSA) is 79.9 Å². The van der Waals surface area contributed by atoms with Gasteiger partial charge in [0.2, 0.25) is 5.91 Å². The zero-order valence-corrected chi connectivity index (χ0v) is 20.8. The van der Waals surface area contributed by atoms with Crippen molar-refractivity contribution in [2.75, 3.05) is 33.1 Å². The van der Waals surface area contributed by atoms with E-state index in [0.717, 1.165) is 11.1 Å². The van der Waals surface area contributed by atoms with Gasteiger partial charge in [-0.3, -0.25) is 4.79 Å². The molecule has 0 aliphatic rings. The van der Waals surface area contributed by atoms with E-state index < -0.39 is 12.1 Å². The van der Waals surface area contributed by atoms with Crippen molar-refractivity contribution >= 4 is 29.2 Å². The van der Waals surface area contributed by atoms with Gasteiger partial charge >= 0.3 is 6.03 Å². The predicted molar refractivity (Wildman–Crippen MR) is 138 cm³/mol. The molecule has 1 atom stereocenters. The van der Waals surface area contributed by atoms with E-state index in [2.05, 4.69) is 10.6 Å². The Morgan fingerprint density at radius 2 is 1.66 bits per heavy atom. The SMILES string of the molecule is COc1ccc(CCN(C)C(=O)C(Cc2ccccc2)NC(=O)Nc2cccc(Cl)c2)cc1OC. The molecule has 1 unspecified atom stereocenters. The molecule has 0 saturated carbocycles. The van der Waals surface area contributed by atoms with Gasteiger partial charge < -0.3 is 25.0 Å². The minimum Gasteiger partial charge on any atom is -0.493 e. The summed E-state index contributed by atoms with van der Waals surface area (Å²) in [4.78, 5) is 27.7. The maximum atomic E-state index is 13.4. The summed E-state index contributed by atoms with van der Waals surface area (Å²) in [6.45, 7) is 0.469. The maximum absolute atomic E-state index is 13.4. The van der Waals surface area contributed by atoms with Crippen LogP contribution in [-0.2, 0) is 17.6 Å². The Morgan fingerprint density at radius 1 is 0.914 bits per heavy atom. The molecule has 0 fully saturated rings. The average Bonchev–Trinajstić information content (AvgIpc) is 2.86. The third kappa shape index (κ3) is 7.65. The highest BCUT2D eigenvalue weighted by molar-refractivity contribution is 6.30. The van der Waals surface area contributed by atoms with E-state index in [-0.39, 0.29) is 5.91 Å². The van der Waals surface area contributed by atoms with Crippen LogP contribution in [0, 0.1) is 0 Å². The van der Waals surface area contributed by atoms with Gasteiger partial charge in [-0.1, -0.05) is 54.1 Å². The van der Waals surface area contributed by atoms with Crippen LogP contribution in [0.3, 0.4) is 0 Å². The highest BCUT2D eigenvalue weighted by atomic mass is 35.5. The molecule has 0 radical (unpaired) electrons. The van der Waals surface area contributed by atoms with Crippen molar-refractivity contribution in [2.24, 2.45) is 0 Å². The van der Waals surface area contributed by atoms with Crippen molar-refractivity contribution in [1.82, 2.24) is 10.2 Å². The van der Waals surface area contributed by atoms with Crippen LogP contribution in [0.5, 0.6) is 11.5 Å². The number of hydrogen-bond donors (Lipinski definition) is 2. The minimum atomic E-state index is -0.744. The van der Waals surface area contributed by atoms with Crippen LogP contribution in [0.1, 0.15) is 11.1 Å². The lowest BCUT2D eigenvalue weighted by Crippen LogP contribution is -2.50. The standard InChI is InChI=1S/C27H30ClN3O4/c1-31(15-14-20-12-13-24(34-2)25(17-20)35-3)26(32)23(16-19-8-5-4-6-9-19)30-27(33)29-22-11-7-10-21(28)18-22/h4-13,17-18,23H,14-16H2,1-3H3,(H2,29,30,33). The van der Waals surface area contributed by atoms with Crippen LogP contribution >= 0.6 is 11.6 Å². The molecule has 0 saturated heterocycles. The molecule has 0 heterocycles. The lowest BCUT2D eigenvalue weighted by molar-refractivity contribution is -0.131. The Morgan fingerprint density at radius 3 is 2.34 bits per heavy atom. The average molecular weight is 496 g/mol. The van der Waals surface area contributed by atoms with E-state index in [1.165, 1.54) is 0 Å². The van der Waals surface area contributed by atoms with E-state index in [0.29, 0.717) is 41.6 Å². The van der Waals surface area contributed by atoms with E-state index >= 15 is 0 Å². The molecule has 7 nitrogen and oxygen atoms in total. The molecule has 8 heteroatoms. The summed E-state index contributed by atoms with van der Waals surface area (Å²) < 4.78 is 10.7. The number of methoxy groups -OCH3 is 2. The first-order valence-corrected chi connectivity index (χ1v) is 11.6. The number of nitrogens with one attached hydrogen (secondary N) is 2. The molecule has 3 amide bonds. The summed E-state index contributed by atoms with van der Waals surface area (Å²) in [7, 11) is 4.91. The fraction of sp³-hybridized carbons (Fsp3) is 0.259. The van der Waals surface area contributed by atoms with Crippen molar-refractivity contribution in [1.29, 1.82) is 0 Å². The monoisotopic (exact) mass is 495 g/mol. The summed E-state index contributed by atoms with van der Waals surface area (Å²) in [5.41, 5.74) is 2.50. The van der Waals surface area contributed by atoms with Crippen LogP contribution in [0.2, 0.25) is 5.02 Å². The summed E-state index contributed by atoms with van der Waals surface area (Å²) in [5, 5.41) is 6.08. The van der Waals surface area contributed by atoms with Gasteiger partial charge in [0.05, 0.1) is 14.2 Å². The maximum Gasteiger partial charge on any atom is 0.319 e. The van der Waals surface area contributed by atoms with Crippen molar-refractivity contribution < 1.29 is 19.1 Å². The van der Waals surface area contributed by atoms with Gasteiger partial charge in [-0.15, -0.1) is 0 Å². The molecule has 0 aliphatic heterocycles. The number of likely N-dealkylation sites (N-methyl/N-ethyl adjacent to an activating group) is 1.